The maximum atomic E-state index is 10.6. The second-order valence-corrected chi connectivity index (χ2v) is 4.30. The van der Waals surface area contributed by atoms with E-state index in [1.807, 2.05) is 0 Å². The third kappa shape index (κ3) is 9.59. The van der Waals surface area contributed by atoms with Crippen LogP contribution in [-0.4, -0.2) is 5.12 Å². The lowest BCUT2D eigenvalue weighted by Gasteiger charge is -1.98. The van der Waals surface area contributed by atoms with Crippen molar-refractivity contribution < 1.29 is 4.79 Å². The number of rotatable bonds is 6. The Kier molecular flexibility index (Phi) is 7.58. The van der Waals surface area contributed by atoms with Gasteiger partial charge in [-0.25, -0.2) is 0 Å². The highest BCUT2D eigenvalue weighted by molar-refractivity contribution is 7.96. The molecule has 0 fully saturated rings. The molecule has 0 aromatic carbocycles. The molecular weight excluding hydrogens is 192 g/mol. The second-order valence-electron chi connectivity index (χ2n) is 3.80. The zero-order valence-electron chi connectivity index (χ0n) is 9.34. The number of thiol groups is 1. The maximum Gasteiger partial charge on any atom is 0.186 e. The summed E-state index contributed by atoms with van der Waals surface area (Å²) >= 11 is 3.72. The van der Waals surface area contributed by atoms with Crippen LogP contribution < -0.4 is 0 Å². The van der Waals surface area contributed by atoms with Crippen LogP contribution in [0.15, 0.2) is 23.3 Å². The van der Waals surface area contributed by atoms with E-state index in [4.69, 9.17) is 0 Å². The number of carbonyl (C=O) groups excluding carboxylic acids is 1. The van der Waals surface area contributed by atoms with E-state index in [9.17, 15) is 4.79 Å². The van der Waals surface area contributed by atoms with Crippen molar-refractivity contribution in [2.24, 2.45) is 0 Å². The predicted octanol–water partition coefficient (Wildman–Crippen LogP) is 3.92. The van der Waals surface area contributed by atoms with E-state index in [-0.39, 0.29) is 5.12 Å². The third-order valence-electron chi connectivity index (χ3n) is 1.94. The third-order valence-corrected chi connectivity index (χ3v) is 2.17. The summed E-state index contributed by atoms with van der Waals surface area (Å²) in [5.74, 6) is 0. The fourth-order valence-electron chi connectivity index (χ4n) is 1.13. The number of hydrogen-bond donors (Lipinski definition) is 1. The molecule has 0 aromatic heterocycles. The summed E-state index contributed by atoms with van der Waals surface area (Å²) in [6.07, 6.45) is 7.92. The van der Waals surface area contributed by atoms with E-state index < -0.39 is 0 Å². The van der Waals surface area contributed by atoms with Gasteiger partial charge in [-0.05, 0) is 40.0 Å². The fourth-order valence-corrected chi connectivity index (χ4v) is 1.26. The average molecular weight is 212 g/mol. The molecule has 0 atom stereocenters. The molecule has 1 nitrogen and oxygen atoms in total. The molecule has 0 aromatic rings. The zero-order valence-corrected chi connectivity index (χ0v) is 10.2. The largest absolute Gasteiger partial charge is 0.287 e. The molecule has 0 aliphatic rings. The van der Waals surface area contributed by atoms with E-state index in [2.05, 4.69) is 45.6 Å². The molecule has 2 heteroatoms. The summed E-state index contributed by atoms with van der Waals surface area (Å²) in [4.78, 5) is 10.6. The van der Waals surface area contributed by atoms with Crippen molar-refractivity contribution in [3.8, 4) is 0 Å². The molecule has 0 aliphatic heterocycles. The van der Waals surface area contributed by atoms with Gasteiger partial charge in [0.25, 0.3) is 0 Å². The Morgan fingerprint density at radius 1 is 1.07 bits per heavy atom. The predicted molar refractivity (Wildman–Crippen MR) is 65.6 cm³/mol. The molecule has 0 spiro atoms. The maximum absolute atomic E-state index is 10.6. The van der Waals surface area contributed by atoms with Crippen LogP contribution in [0.5, 0.6) is 0 Å². The Morgan fingerprint density at radius 2 is 1.64 bits per heavy atom. The standard InChI is InChI=1S/C12H20OS/c1-10(2)6-4-7-11(3)8-5-9-12(13)14/h6,8H,4-5,7,9H2,1-3H3,(H,13,14)/b11-8+. The average Bonchev–Trinajstić information content (AvgIpc) is 2.02. The van der Waals surface area contributed by atoms with Crippen LogP contribution >= 0.6 is 12.6 Å². The van der Waals surface area contributed by atoms with Crippen LogP contribution in [0.4, 0.5) is 0 Å². The van der Waals surface area contributed by atoms with Gasteiger partial charge in [-0.2, -0.15) is 0 Å². The van der Waals surface area contributed by atoms with Crippen molar-refractivity contribution in [1.82, 2.24) is 0 Å². The van der Waals surface area contributed by atoms with Crippen LogP contribution in [0, 0.1) is 0 Å². The Bertz CT molecular complexity index is 235. The highest BCUT2D eigenvalue weighted by atomic mass is 32.1. The molecule has 0 N–H and O–H groups in total. The summed E-state index contributed by atoms with van der Waals surface area (Å²) < 4.78 is 0. The quantitative estimate of drug-likeness (QED) is 0.521. The first-order chi connectivity index (χ1) is 6.52. The van der Waals surface area contributed by atoms with Crippen molar-refractivity contribution in [3.05, 3.63) is 23.3 Å². The van der Waals surface area contributed by atoms with Crippen LogP contribution in [0.2, 0.25) is 0 Å². The normalized spacial score (nSPS) is 11.3. The topological polar surface area (TPSA) is 17.1 Å². The lowest BCUT2D eigenvalue weighted by atomic mass is 10.1. The molecular formula is C12H20OS. The first-order valence-electron chi connectivity index (χ1n) is 5.03. The molecule has 0 amide bonds. The molecule has 0 heterocycles. The minimum absolute atomic E-state index is 0.0293. The number of carbonyl (C=O) groups is 1. The molecule has 0 radical (unpaired) electrons. The summed E-state index contributed by atoms with van der Waals surface area (Å²) in [5, 5.41) is -0.0293. The number of hydrogen-bond acceptors (Lipinski definition) is 1. The Balaban J connectivity index is 3.67. The minimum Gasteiger partial charge on any atom is -0.287 e. The van der Waals surface area contributed by atoms with E-state index in [1.54, 1.807) is 0 Å². The van der Waals surface area contributed by atoms with E-state index in [1.165, 1.54) is 11.1 Å². The molecule has 0 saturated heterocycles. The summed E-state index contributed by atoms with van der Waals surface area (Å²) in [6, 6.07) is 0. The number of allylic oxidation sites excluding steroid dienone is 4. The smallest absolute Gasteiger partial charge is 0.186 e. The van der Waals surface area contributed by atoms with Gasteiger partial charge in [0.05, 0.1) is 0 Å². The lowest BCUT2D eigenvalue weighted by Crippen LogP contribution is -1.84. The van der Waals surface area contributed by atoms with E-state index in [0.29, 0.717) is 6.42 Å². The van der Waals surface area contributed by atoms with Crippen LogP contribution in [0.3, 0.4) is 0 Å². The summed E-state index contributed by atoms with van der Waals surface area (Å²) in [5.41, 5.74) is 2.72. The molecule has 0 rings (SSSR count). The molecule has 0 aliphatic carbocycles. The summed E-state index contributed by atoms with van der Waals surface area (Å²) in [7, 11) is 0. The Labute approximate surface area is 92.7 Å². The molecule has 0 saturated carbocycles. The van der Waals surface area contributed by atoms with Crippen molar-refractivity contribution in [1.29, 1.82) is 0 Å². The Morgan fingerprint density at radius 3 is 2.14 bits per heavy atom. The monoisotopic (exact) mass is 212 g/mol. The molecule has 80 valence electrons. The van der Waals surface area contributed by atoms with Gasteiger partial charge in [0.2, 0.25) is 0 Å². The molecule has 14 heavy (non-hydrogen) atoms. The van der Waals surface area contributed by atoms with Gasteiger partial charge in [0.1, 0.15) is 0 Å². The van der Waals surface area contributed by atoms with Gasteiger partial charge in [-0.1, -0.05) is 23.3 Å². The van der Waals surface area contributed by atoms with Crippen LogP contribution in [0.25, 0.3) is 0 Å². The van der Waals surface area contributed by atoms with Gasteiger partial charge >= 0.3 is 0 Å². The first-order valence-corrected chi connectivity index (χ1v) is 5.48. The molecule has 0 unspecified atom stereocenters. The SMILES string of the molecule is CC(C)=CCC/C(C)=C/CCC(=O)S. The second kappa shape index (κ2) is 7.86. The minimum atomic E-state index is -0.0293. The van der Waals surface area contributed by atoms with Crippen LogP contribution in [-0.2, 0) is 4.79 Å². The van der Waals surface area contributed by atoms with Crippen molar-refractivity contribution in [2.75, 3.05) is 0 Å². The van der Waals surface area contributed by atoms with Gasteiger partial charge in [-0.3, -0.25) is 4.79 Å². The fraction of sp³-hybridized carbons (Fsp3) is 0.583. The van der Waals surface area contributed by atoms with Gasteiger partial charge in [0, 0.05) is 6.42 Å². The van der Waals surface area contributed by atoms with Gasteiger partial charge in [-0.15, -0.1) is 12.6 Å². The first kappa shape index (κ1) is 13.5. The van der Waals surface area contributed by atoms with Gasteiger partial charge in [0.15, 0.2) is 5.12 Å². The summed E-state index contributed by atoms with van der Waals surface area (Å²) in [6.45, 7) is 6.33. The molecule has 0 bridgehead atoms. The zero-order chi connectivity index (χ0) is 11.0. The lowest BCUT2D eigenvalue weighted by molar-refractivity contribution is -0.110. The van der Waals surface area contributed by atoms with Crippen molar-refractivity contribution >= 4 is 17.7 Å². The Hall–Kier alpha value is -0.500. The highest BCUT2D eigenvalue weighted by Crippen LogP contribution is 2.08. The van der Waals surface area contributed by atoms with Crippen molar-refractivity contribution in [2.45, 2.75) is 46.5 Å². The van der Waals surface area contributed by atoms with E-state index in [0.717, 1.165) is 19.3 Å². The van der Waals surface area contributed by atoms with Crippen molar-refractivity contribution in [3.63, 3.8) is 0 Å². The van der Waals surface area contributed by atoms with Gasteiger partial charge < -0.3 is 0 Å². The van der Waals surface area contributed by atoms with E-state index >= 15 is 0 Å². The highest BCUT2D eigenvalue weighted by Gasteiger charge is 1.92. The van der Waals surface area contributed by atoms with Crippen LogP contribution in [0.1, 0.15) is 46.5 Å².